The average Bonchev–Trinajstić information content (AvgIpc) is 2.69. The predicted octanol–water partition coefficient (Wildman–Crippen LogP) is 2.15. The Balaban J connectivity index is 2.04. The highest BCUT2D eigenvalue weighted by molar-refractivity contribution is 7.85. The molecule has 8 nitrogen and oxygen atoms in total. The fourth-order valence-corrected chi connectivity index (χ4v) is 4.03. The molecular formula is C21H23N2O6S+. The van der Waals surface area contributed by atoms with Crippen LogP contribution in [0.2, 0.25) is 0 Å². The lowest BCUT2D eigenvalue weighted by Crippen LogP contribution is -2.38. The van der Waals surface area contributed by atoms with Gasteiger partial charge in [-0.1, -0.05) is 24.3 Å². The Kier molecular flexibility index (Phi) is 6.63. The van der Waals surface area contributed by atoms with Gasteiger partial charge in [-0.05, 0) is 18.6 Å². The van der Waals surface area contributed by atoms with Crippen molar-refractivity contribution >= 4 is 43.8 Å². The zero-order valence-electron chi connectivity index (χ0n) is 16.2. The average molecular weight is 431 g/mol. The van der Waals surface area contributed by atoms with Crippen LogP contribution < -0.4 is 9.88 Å². The molecule has 1 heterocycles. The lowest BCUT2D eigenvalue weighted by Gasteiger charge is -2.12. The molecule has 158 valence electrons. The molecule has 1 aromatic heterocycles. The van der Waals surface area contributed by atoms with Gasteiger partial charge in [-0.2, -0.15) is 13.0 Å². The van der Waals surface area contributed by atoms with Crippen LogP contribution in [-0.2, 0) is 21.5 Å². The molecule has 0 aliphatic heterocycles. The van der Waals surface area contributed by atoms with Crippen LogP contribution in [0.5, 0.6) is 0 Å². The SMILES string of the molecule is O=C(O)CCCNC(=O)c1c2ccccc2[n+](CCCS(=O)(=O)O)c2ccccc12. The lowest BCUT2D eigenvalue weighted by atomic mass is 10.0. The van der Waals surface area contributed by atoms with E-state index in [-0.39, 0.29) is 31.0 Å². The number of amides is 1. The van der Waals surface area contributed by atoms with Gasteiger partial charge in [0, 0.05) is 31.5 Å². The van der Waals surface area contributed by atoms with Crippen molar-refractivity contribution in [1.82, 2.24) is 5.32 Å². The van der Waals surface area contributed by atoms with E-state index in [9.17, 15) is 18.0 Å². The van der Waals surface area contributed by atoms with E-state index in [1.165, 1.54) is 0 Å². The Morgan fingerprint density at radius 3 is 2.03 bits per heavy atom. The lowest BCUT2D eigenvalue weighted by molar-refractivity contribution is -0.645. The number of nitrogens with one attached hydrogen (secondary N) is 1. The molecule has 0 aliphatic carbocycles. The Morgan fingerprint density at radius 2 is 1.50 bits per heavy atom. The van der Waals surface area contributed by atoms with Crippen molar-refractivity contribution < 1.29 is 32.2 Å². The van der Waals surface area contributed by atoms with Crippen molar-refractivity contribution in [3.05, 3.63) is 54.1 Å². The molecular weight excluding hydrogens is 408 g/mol. The van der Waals surface area contributed by atoms with Gasteiger partial charge < -0.3 is 10.4 Å². The van der Waals surface area contributed by atoms with E-state index in [4.69, 9.17) is 9.66 Å². The fourth-order valence-electron chi connectivity index (χ4n) is 3.54. The molecule has 0 radical (unpaired) electrons. The number of benzene rings is 2. The highest BCUT2D eigenvalue weighted by Gasteiger charge is 2.24. The molecule has 0 unspecified atom stereocenters. The van der Waals surface area contributed by atoms with Crippen LogP contribution in [0.25, 0.3) is 21.8 Å². The molecule has 0 fully saturated rings. The summed E-state index contributed by atoms with van der Waals surface area (Å²) in [5.74, 6) is -1.56. The van der Waals surface area contributed by atoms with Crippen LogP contribution >= 0.6 is 0 Å². The number of para-hydroxylation sites is 2. The number of carboxylic acid groups (broad SMARTS) is 1. The van der Waals surface area contributed by atoms with Crippen LogP contribution in [0.4, 0.5) is 0 Å². The van der Waals surface area contributed by atoms with E-state index in [0.717, 1.165) is 11.0 Å². The smallest absolute Gasteiger partial charge is 0.303 e. The van der Waals surface area contributed by atoms with Gasteiger partial charge in [0.05, 0.1) is 22.1 Å². The highest BCUT2D eigenvalue weighted by atomic mass is 32.2. The minimum Gasteiger partial charge on any atom is -0.481 e. The van der Waals surface area contributed by atoms with Gasteiger partial charge >= 0.3 is 5.97 Å². The van der Waals surface area contributed by atoms with Gasteiger partial charge in [-0.15, -0.1) is 0 Å². The topological polar surface area (TPSA) is 125 Å². The number of hydrogen-bond donors (Lipinski definition) is 3. The monoisotopic (exact) mass is 431 g/mol. The first kappa shape index (κ1) is 21.7. The largest absolute Gasteiger partial charge is 0.481 e. The van der Waals surface area contributed by atoms with Crippen LogP contribution in [0.15, 0.2) is 48.5 Å². The molecule has 3 N–H and O–H groups in total. The first-order chi connectivity index (χ1) is 14.3. The van der Waals surface area contributed by atoms with E-state index in [1.807, 2.05) is 53.1 Å². The predicted molar refractivity (Wildman–Crippen MR) is 112 cm³/mol. The summed E-state index contributed by atoms with van der Waals surface area (Å²) in [6.07, 6.45) is 0.530. The number of carboxylic acids is 1. The maximum atomic E-state index is 13.0. The molecule has 2 aromatic carbocycles. The number of aromatic nitrogens is 1. The van der Waals surface area contributed by atoms with Crippen LogP contribution in [0, 0.1) is 0 Å². The molecule has 1 amide bonds. The molecule has 0 saturated heterocycles. The van der Waals surface area contributed by atoms with Crippen LogP contribution in [0.1, 0.15) is 29.6 Å². The zero-order chi connectivity index (χ0) is 21.7. The highest BCUT2D eigenvalue weighted by Crippen LogP contribution is 2.25. The van der Waals surface area contributed by atoms with E-state index in [1.54, 1.807) is 0 Å². The molecule has 0 atom stereocenters. The van der Waals surface area contributed by atoms with Crippen molar-refractivity contribution in [3.63, 3.8) is 0 Å². The number of hydrogen-bond acceptors (Lipinski definition) is 4. The fraction of sp³-hybridized carbons (Fsp3) is 0.286. The summed E-state index contributed by atoms with van der Waals surface area (Å²) in [6, 6.07) is 14.7. The number of nitrogens with zero attached hydrogens (tertiary/aromatic N) is 1. The van der Waals surface area contributed by atoms with Crippen molar-refractivity contribution in [2.24, 2.45) is 0 Å². The normalized spacial score (nSPS) is 11.6. The minimum absolute atomic E-state index is 0.0235. The van der Waals surface area contributed by atoms with E-state index < -0.39 is 16.1 Å². The quantitative estimate of drug-likeness (QED) is 0.206. The van der Waals surface area contributed by atoms with Gasteiger partial charge in [-0.25, -0.2) is 0 Å². The third-order valence-corrected chi connectivity index (χ3v) is 5.60. The number of rotatable bonds is 9. The van der Waals surface area contributed by atoms with Gasteiger partial charge in [-0.3, -0.25) is 14.1 Å². The van der Waals surface area contributed by atoms with Gasteiger partial charge in [0.1, 0.15) is 0 Å². The molecule has 30 heavy (non-hydrogen) atoms. The van der Waals surface area contributed by atoms with Gasteiger partial charge in [0.25, 0.3) is 16.0 Å². The van der Waals surface area contributed by atoms with Crippen LogP contribution in [0.3, 0.4) is 0 Å². The number of carbonyl (C=O) groups is 2. The number of aryl methyl sites for hydroxylation is 1. The summed E-state index contributed by atoms with van der Waals surface area (Å²) in [7, 11) is -4.06. The first-order valence-electron chi connectivity index (χ1n) is 9.56. The summed E-state index contributed by atoms with van der Waals surface area (Å²) in [5.41, 5.74) is 2.02. The Morgan fingerprint density at radius 1 is 0.933 bits per heavy atom. The molecule has 0 aliphatic rings. The minimum atomic E-state index is -4.06. The second-order valence-corrected chi connectivity index (χ2v) is 8.53. The number of pyridine rings is 1. The molecule has 3 rings (SSSR count). The Hall–Kier alpha value is -3.04. The Bertz CT molecular complexity index is 1150. The third-order valence-electron chi connectivity index (χ3n) is 4.79. The second-order valence-electron chi connectivity index (χ2n) is 6.95. The summed E-state index contributed by atoms with van der Waals surface area (Å²) in [5, 5.41) is 13.0. The summed E-state index contributed by atoms with van der Waals surface area (Å²) in [4.78, 5) is 23.7. The van der Waals surface area contributed by atoms with E-state index in [2.05, 4.69) is 5.32 Å². The summed E-state index contributed by atoms with van der Waals surface area (Å²) < 4.78 is 33.2. The van der Waals surface area contributed by atoms with Crippen molar-refractivity contribution in [2.75, 3.05) is 12.3 Å². The van der Waals surface area contributed by atoms with E-state index in [0.29, 0.717) is 29.3 Å². The van der Waals surface area contributed by atoms with Gasteiger partial charge in [0.2, 0.25) is 11.0 Å². The number of fused-ring (bicyclic) bond motifs is 2. The molecule has 0 spiro atoms. The molecule has 0 saturated carbocycles. The maximum Gasteiger partial charge on any atom is 0.303 e. The van der Waals surface area contributed by atoms with Crippen LogP contribution in [-0.4, -0.2) is 42.3 Å². The van der Waals surface area contributed by atoms with Crippen molar-refractivity contribution in [3.8, 4) is 0 Å². The Labute approximate surface area is 173 Å². The standard InChI is InChI=1S/C21H22N2O6S/c24-19(25)11-5-12-22-21(26)20-15-7-1-3-9-17(15)23(13-6-14-30(27,28)29)18-10-4-2-8-16(18)20/h1-4,7-10H,5-6,11-14H2,(H2-,22,24,25,26,27,28,29)/p+1. The summed E-state index contributed by atoms with van der Waals surface area (Å²) in [6.45, 7) is 0.596. The van der Waals surface area contributed by atoms with E-state index >= 15 is 0 Å². The molecule has 3 aromatic rings. The molecule has 9 heteroatoms. The molecule has 0 bridgehead atoms. The first-order valence-corrected chi connectivity index (χ1v) is 11.2. The number of aliphatic carboxylic acids is 1. The van der Waals surface area contributed by atoms with Crippen molar-refractivity contribution in [2.45, 2.75) is 25.8 Å². The van der Waals surface area contributed by atoms with Gasteiger partial charge in [0.15, 0.2) is 6.54 Å². The number of carbonyl (C=O) groups excluding carboxylic acids is 1. The zero-order valence-corrected chi connectivity index (χ0v) is 17.1. The van der Waals surface area contributed by atoms with Crippen molar-refractivity contribution in [1.29, 1.82) is 0 Å². The second kappa shape index (κ2) is 9.19. The maximum absolute atomic E-state index is 13.0. The summed E-state index contributed by atoms with van der Waals surface area (Å²) >= 11 is 0. The third kappa shape index (κ3) is 5.11.